The van der Waals surface area contributed by atoms with E-state index in [9.17, 15) is 8.42 Å². The fourth-order valence-corrected chi connectivity index (χ4v) is 6.27. The molecule has 0 amide bonds. The molecule has 0 unspecified atom stereocenters. The molecule has 6 heteroatoms. The third-order valence-corrected chi connectivity index (χ3v) is 7.43. The van der Waals surface area contributed by atoms with Crippen LogP contribution in [0.15, 0.2) is 18.2 Å². The standard InChI is InChI=1S/C19H28N2O3S/c1-3-24-16-6-7-17-14(11-16)8-10-20-13-15-5-4-9-21(25(2,22)23)18(15)12-19(17)20/h6-7,11,15,18-19H,3-5,8-10,12-13H2,1-2H3/t15-,18+,19+/m1/s1. The van der Waals surface area contributed by atoms with Crippen molar-refractivity contribution in [3.63, 3.8) is 0 Å². The van der Waals surface area contributed by atoms with E-state index in [2.05, 4.69) is 23.1 Å². The predicted molar refractivity (Wildman–Crippen MR) is 98.3 cm³/mol. The van der Waals surface area contributed by atoms with Gasteiger partial charge in [0.15, 0.2) is 0 Å². The summed E-state index contributed by atoms with van der Waals surface area (Å²) in [7, 11) is -3.13. The Bertz CT molecular complexity index is 749. The Kier molecular flexibility index (Phi) is 4.54. The fraction of sp³-hybridized carbons (Fsp3) is 0.684. The normalized spacial score (nSPS) is 30.2. The van der Waals surface area contributed by atoms with Crippen molar-refractivity contribution in [1.29, 1.82) is 0 Å². The highest BCUT2D eigenvalue weighted by Gasteiger charge is 2.44. The van der Waals surface area contributed by atoms with Crippen molar-refractivity contribution in [3.05, 3.63) is 29.3 Å². The van der Waals surface area contributed by atoms with Crippen molar-refractivity contribution in [2.24, 2.45) is 5.92 Å². The second-order valence-electron chi connectivity index (χ2n) is 7.63. The van der Waals surface area contributed by atoms with Crippen LogP contribution in [-0.4, -0.2) is 56.2 Å². The lowest BCUT2D eigenvalue weighted by Crippen LogP contribution is -2.57. The Balaban J connectivity index is 1.63. The fourth-order valence-electron chi connectivity index (χ4n) is 5.06. The van der Waals surface area contributed by atoms with E-state index in [1.807, 2.05) is 6.92 Å². The van der Waals surface area contributed by atoms with Gasteiger partial charge in [-0.05, 0) is 61.8 Å². The molecule has 0 saturated carbocycles. The van der Waals surface area contributed by atoms with Gasteiger partial charge < -0.3 is 4.74 Å². The van der Waals surface area contributed by atoms with Gasteiger partial charge in [0.25, 0.3) is 0 Å². The number of piperidine rings is 2. The molecule has 138 valence electrons. The Hall–Kier alpha value is -1.11. The summed E-state index contributed by atoms with van der Waals surface area (Å²) < 4.78 is 32.0. The van der Waals surface area contributed by atoms with Crippen LogP contribution in [0.2, 0.25) is 0 Å². The summed E-state index contributed by atoms with van der Waals surface area (Å²) in [6, 6.07) is 6.93. The summed E-state index contributed by atoms with van der Waals surface area (Å²) in [5.41, 5.74) is 2.74. The molecule has 0 N–H and O–H groups in total. The molecule has 5 nitrogen and oxygen atoms in total. The van der Waals surface area contributed by atoms with E-state index < -0.39 is 10.0 Å². The molecular weight excluding hydrogens is 336 g/mol. The maximum absolute atomic E-state index is 12.3. The first-order valence-electron chi connectivity index (χ1n) is 9.44. The van der Waals surface area contributed by atoms with E-state index in [4.69, 9.17) is 4.74 Å². The molecule has 0 aromatic heterocycles. The summed E-state index contributed by atoms with van der Waals surface area (Å²) in [5.74, 6) is 1.42. The minimum absolute atomic E-state index is 0.155. The minimum Gasteiger partial charge on any atom is -0.494 e. The molecular formula is C19H28N2O3S. The van der Waals surface area contributed by atoms with Gasteiger partial charge >= 0.3 is 0 Å². The molecule has 1 aromatic rings. The second kappa shape index (κ2) is 6.56. The third kappa shape index (κ3) is 3.20. The van der Waals surface area contributed by atoms with Crippen LogP contribution in [0.4, 0.5) is 0 Å². The predicted octanol–water partition coefficient (Wildman–Crippen LogP) is 2.43. The Morgan fingerprint density at radius 1 is 1.28 bits per heavy atom. The molecule has 0 radical (unpaired) electrons. The average Bonchev–Trinajstić information content (AvgIpc) is 2.58. The van der Waals surface area contributed by atoms with Gasteiger partial charge in [0.1, 0.15) is 5.75 Å². The topological polar surface area (TPSA) is 49.9 Å². The van der Waals surface area contributed by atoms with Gasteiger partial charge in [-0.1, -0.05) is 6.07 Å². The largest absolute Gasteiger partial charge is 0.494 e. The van der Waals surface area contributed by atoms with E-state index >= 15 is 0 Å². The quantitative estimate of drug-likeness (QED) is 0.827. The molecule has 3 atom stereocenters. The number of fused-ring (bicyclic) bond motifs is 4. The summed E-state index contributed by atoms with van der Waals surface area (Å²) in [5, 5.41) is 0. The SMILES string of the molecule is CCOc1ccc2c(c1)CCN1C[C@H]3CCCN(S(C)(=O)=O)[C@H]3C[C@@H]21. The molecule has 0 spiro atoms. The van der Waals surface area contributed by atoms with Crippen LogP contribution in [-0.2, 0) is 16.4 Å². The Morgan fingerprint density at radius 3 is 2.88 bits per heavy atom. The average molecular weight is 365 g/mol. The molecule has 2 fully saturated rings. The number of hydrogen-bond acceptors (Lipinski definition) is 4. The molecule has 0 bridgehead atoms. The molecule has 3 aliphatic rings. The van der Waals surface area contributed by atoms with Crippen LogP contribution < -0.4 is 4.74 Å². The van der Waals surface area contributed by atoms with Crippen molar-refractivity contribution in [3.8, 4) is 5.75 Å². The molecule has 4 rings (SSSR count). The zero-order valence-corrected chi connectivity index (χ0v) is 16.0. The number of sulfonamides is 1. The molecule has 2 saturated heterocycles. The summed E-state index contributed by atoms with van der Waals surface area (Å²) in [4.78, 5) is 2.58. The molecule has 0 aliphatic carbocycles. The van der Waals surface area contributed by atoms with Crippen LogP contribution in [0.3, 0.4) is 0 Å². The molecule has 3 heterocycles. The molecule has 3 aliphatic heterocycles. The Labute approximate surface area is 151 Å². The van der Waals surface area contributed by atoms with Gasteiger partial charge in [0.05, 0.1) is 12.9 Å². The lowest BCUT2D eigenvalue weighted by molar-refractivity contribution is 0.0222. The van der Waals surface area contributed by atoms with Crippen LogP contribution in [0, 0.1) is 5.92 Å². The molecule has 25 heavy (non-hydrogen) atoms. The first-order chi connectivity index (χ1) is 12.0. The van der Waals surface area contributed by atoms with Crippen molar-refractivity contribution in [1.82, 2.24) is 9.21 Å². The number of rotatable bonds is 3. The van der Waals surface area contributed by atoms with Crippen molar-refractivity contribution >= 4 is 10.0 Å². The number of ether oxygens (including phenoxy) is 1. The third-order valence-electron chi connectivity index (χ3n) is 6.12. The minimum atomic E-state index is -3.13. The second-order valence-corrected chi connectivity index (χ2v) is 9.57. The van der Waals surface area contributed by atoms with Gasteiger partial charge in [-0.2, -0.15) is 4.31 Å². The zero-order chi connectivity index (χ0) is 17.6. The lowest BCUT2D eigenvalue weighted by Gasteiger charge is -2.51. The van der Waals surface area contributed by atoms with Crippen LogP contribution in [0.1, 0.15) is 43.4 Å². The smallest absolute Gasteiger partial charge is 0.211 e. The van der Waals surface area contributed by atoms with E-state index in [0.717, 1.165) is 44.5 Å². The van der Waals surface area contributed by atoms with E-state index in [-0.39, 0.29) is 6.04 Å². The van der Waals surface area contributed by atoms with E-state index in [0.29, 0.717) is 25.1 Å². The first kappa shape index (κ1) is 17.3. The number of nitrogens with zero attached hydrogens (tertiary/aromatic N) is 2. The lowest BCUT2D eigenvalue weighted by atomic mass is 9.77. The van der Waals surface area contributed by atoms with Gasteiger partial charge in [0, 0.05) is 31.7 Å². The monoisotopic (exact) mass is 364 g/mol. The van der Waals surface area contributed by atoms with Gasteiger partial charge in [-0.25, -0.2) is 8.42 Å². The Morgan fingerprint density at radius 2 is 2.12 bits per heavy atom. The van der Waals surface area contributed by atoms with Crippen molar-refractivity contribution < 1.29 is 13.2 Å². The molecule has 1 aromatic carbocycles. The van der Waals surface area contributed by atoms with Crippen molar-refractivity contribution in [2.75, 3.05) is 32.5 Å². The van der Waals surface area contributed by atoms with Crippen molar-refractivity contribution in [2.45, 2.75) is 44.7 Å². The van der Waals surface area contributed by atoms with Gasteiger partial charge in [-0.3, -0.25) is 4.90 Å². The maximum atomic E-state index is 12.3. The first-order valence-corrected chi connectivity index (χ1v) is 11.3. The van der Waals surface area contributed by atoms with Gasteiger partial charge in [-0.15, -0.1) is 0 Å². The van der Waals surface area contributed by atoms with E-state index in [1.54, 1.807) is 4.31 Å². The van der Waals surface area contributed by atoms with Crippen LogP contribution in [0.25, 0.3) is 0 Å². The summed E-state index contributed by atoms with van der Waals surface area (Å²) >= 11 is 0. The highest BCUT2D eigenvalue weighted by molar-refractivity contribution is 7.88. The highest BCUT2D eigenvalue weighted by Crippen LogP contribution is 2.43. The number of hydrogen-bond donors (Lipinski definition) is 0. The maximum Gasteiger partial charge on any atom is 0.211 e. The highest BCUT2D eigenvalue weighted by atomic mass is 32.2. The summed E-state index contributed by atoms with van der Waals surface area (Å²) in [6.07, 6.45) is 5.47. The zero-order valence-electron chi connectivity index (χ0n) is 15.1. The van der Waals surface area contributed by atoms with Crippen LogP contribution in [0.5, 0.6) is 5.75 Å². The summed E-state index contributed by atoms with van der Waals surface area (Å²) in [6.45, 7) is 5.46. The number of benzene rings is 1. The van der Waals surface area contributed by atoms with Gasteiger partial charge in [0.2, 0.25) is 10.0 Å². The van der Waals surface area contributed by atoms with Crippen LogP contribution >= 0.6 is 0 Å². The van der Waals surface area contributed by atoms with E-state index in [1.165, 1.54) is 17.4 Å².